The zero-order valence-corrected chi connectivity index (χ0v) is 16.4. The van der Waals surface area contributed by atoms with Crippen LogP contribution in [0, 0.1) is 0 Å². The molecule has 8 heteroatoms. The summed E-state index contributed by atoms with van der Waals surface area (Å²) < 4.78 is 27.7. The highest BCUT2D eigenvalue weighted by Crippen LogP contribution is 2.32. The molecular formula is C17H16BrNO4S2. The van der Waals surface area contributed by atoms with Gasteiger partial charge in [-0.2, -0.15) is 4.31 Å². The number of carbonyl (C=O) groups is 1. The van der Waals surface area contributed by atoms with Gasteiger partial charge in [-0.05, 0) is 48.7 Å². The molecule has 0 atom stereocenters. The third kappa shape index (κ3) is 4.03. The van der Waals surface area contributed by atoms with E-state index in [1.807, 2.05) is 12.1 Å². The van der Waals surface area contributed by atoms with E-state index in [1.54, 1.807) is 24.3 Å². The Labute approximate surface area is 158 Å². The zero-order chi connectivity index (χ0) is 18.0. The van der Waals surface area contributed by atoms with Gasteiger partial charge >= 0.3 is 5.97 Å². The molecule has 3 rings (SSSR count). The van der Waals surface area contributed by atoms with E-state index in [-0.39, 0.29) is 9.78 Å². The van der Waals surface area contributed by atoms with Crippen LogP contribution in [-0.4, -0.2) is 36.9 Å². The summed E-state index contributed by atoms with van der Waals surface area (Å²) in [6.45, 7) is 1.05. The van der Waals surface area contributed by atoms with Gasteiger partial charge in [-0.15, -0.1) is 11.3 Å². The molecule has 0 saturated carbocycles. The first-order valence-corrected chi connectivity index (χ1v) is 10.7. The molecule has 0 bridgehead atoms. The quantitative estimate of drug-likeness (QED) is 0.713. The Morgan fingerprint density at radius 3 is 2.36 bits per heavy atom. The van der Waals surface area contributed by atoms with E-state index < -0.39 is 16.0 Å². The average molecular weight is 442 g/mol. The lowest BCUT2D eigenvalue weighted by Gasteiger charge is -2.13. The number of carboxylic acids is 1. The van der Waals surface area contributed by atoms with Crippen LogP contribution in [0.15, 0.2) is 45.1 Å². The lowest BCUT2D eigenvalue weighted by atomic mass is 10.1. The molecule has 0 aliphatic carbocycles. The van der Waals surface area contributed by atoms with Crippen molar-refractivity contribution in [3.63, 3.8) is 0 Å². The van der Waals surface area contributed by atoms with Crippen LogP contribution < -0.4 is 0 Å². The Bertz CT molecular complexity index is 910. The molecular weight excluding hydrogens is 426 g/mol. The number of nitrogens with zero attached hydrogens (tertiary/aromatic N) is 1. The van der Waals surface area contributed by atoms with Crippen molar-refractivity contribution in [1.29, 1.82) is 0 Å². The molecule has 1 aromatic carbocycles. The van der Waals surface area contributed by atoms with Crippen LogP contribution in [0.25, 0.3) is 11.6 Å². The van der Waals surface area contributed by atoms with Crippen LogP contribution >= 0.6 is 27.3 Å². The number of halogens is 1. The average Bonchev–Trinajstić information content (AvgIpc) is 3.26. The molecule has 0 amide bonds. The van der Waals surface area contributed by atoms with Crippen molar-refractivity contribution in [3.05, 3.63) is 51.3 Å². The molecule has 5 nitrogen and oxygen atoms in total. The van der Waals surface area contributed by atoms with Gasteiger partial charge in [0.25, 0.3) is 10.0 Å². The molecule has 1 saturated heterocycles. The maximum Gasteiger partial charge on any atom is 0.337 e. The van der Waals surface area contributed by atoms with Gasteiger partial charge in [0.05, 0.1) is 5.57 Å². The lowest BCUT2D eigenvalue weighted by molar-refractivity contribution is -0.130. The molecule has 0 unspecified atom stereocenters. The predicted octanol–water partition coefficient (Wildman–Crippen LogP) is 3.92. The highest BCUT2D eigenvalue weighted by atomic mass is 79.9. The Morgan fingerprint density at radius 1 is 1.12 bits per heavy atom. The van der Waals surface area contributed by atoms with Crippen LogP contribution in [0.1, 0.15) is 23.3 Å². The van der Waals surface area contributed by atoms with Crippen molar-refractivity contribution in [2.75, 3.05) is 13.1 Å². The van der Waals surface area contributed by atoms with E-state index in [4.69, 9.17) is 0 Å². The summed E-state index contributed by atoms with van der Waals surface area (Å²) in [5, 5.41) is 9.54. The molecule has 1 aliphatic heterocycles. The maximum atomic E-state index is 12.6. The topological polar surface area (TPSA) is 74.7 Å². The number of sulfonamides is 1. The van der Waals surface area contributed by atoms with Crippen molar-refractivity contribution in [1.82, 2.24) is 4.31 Å². The first kappa shape index (κ1) is 18.3. The number of aliphatic carboxylic acids is 1. The Balaban J connectivity index is 1.95. The van der Waals surface area contributed by atoms with Gasteiger partial charge in [0, 0.05) is 22.4 Å². The van der Waals surface area contributed by atoms with Crippen LogP contribution in [0.4, 0.5) is 0 Å². The van der Waals surface area contributed by atoms with Crippen LogP contribution in [0.2, 0.25) is 0 Å². The van der Waals surface area contributed by atoms with Gasteiger partial charge in [-0.3, -0.25) is 0 Å². The first-order chi connectivity index (χ1) is 11.9. The summed E-state index contributed by atoms with van der Waals surface area (Å²) in [6, 6.07) is 10.3. The predicted molar refractivity (Wildman–Crippen MR) is 102 cm³/mol. The molecule has 0 spiro atoms. The van der Waals surface area contributed by atoms with Crippen LogP contribution in [0.3, 0.4) is 0 Å². The molecule has 1 aliphatic rings. The standard InChI is InChI=1S/C17H16BrNO4S2/c18-13-5-3-12(4-6-13)11-14(17(20)21)15-7-8-16(24-15)25(22,23)19-9-1-2-10-19/h3-8,11H,1-2,9-10H2,(H,20,21)/b14-11-. The van der Waals surface area contributed by atoms with E-state index in [9.17, 15) is 18.3 Å². The number of hydrogen-bond donors (Lipinski definition) is 1. The van der Waals surface area contributed by atoms with Gasteiger partial charge in [0.15, 0.2) is 0 Å². The third-order valence-corrected chi connectivity index (χ3v) is 7.93. The molecule has 1 N–H and O–H groups in total. The molecule has 132 valence electrons. The smallest absolute Gasteiger partial charge is 0.337 e. The van der Waals surface area contributed by atoms with Crippen LogP contribution in [-0.2, 0) is 14.8 Å². The number of hydrogen-bond acceptors (Lipinski definition) is 4. The number of carboxylic acid groups (broad SMARTS) is 1. The van der Waals surface area contributed by atoms with E-state index >= 15 is 0 Å². The molecule has 1 aromatic heterocycles. The maximum absolute atomic E-state index is 12.6. The Hall–Kier alpha value is -1.48. The highest BCUT2D eigenvalue weighted by molar-refractivity contribution is 9.10. The van der Waals surface area contributed by atoms with Crippen molar-refractivity contribution >= 4 is 54.9 Å². The second kappa shape index (κ2) is 7.41. The van der Waals surface area contributed by atoms with E-state index in [0.29, 0.717) is 18.0 Å². The van der Waals surface area contributed by atoms with Crippen molar-refractivity contribution in [2.45, 2.75) is 17.1 Å². The third-order valence-electron chi connectivity index (χ3n) is 3.92. The fraction of sp³-hybridized carbons (Fsp3) is 0.235. The fourth-order valence-corrected chi connectivity index (χ4v) is 5.87. The molecule has 0 radical (unpaired) electrons. The summed E-state index contributed by atoms with van der Waals surface area (Å²) in [7, 11) is -3.53. The monoisotopic (exact) mass is 441 g/mol. The minimum absolute atomic E-state index is 0.0789. The summed E-state index contributed by atoms with van der Waals surface area (Å²) in [4.78, 5) is 12.1. The van der Waals surface area contributed by atoms with Crippen molar-refractivity contribution in [3.8, 4) is 0 Å². The van der Waals surface area contributed by atoms with Gasteiger partial charge in [0.2, 0.25) is 0 Å². The summed E-state index contributed by atoms with van der Waals surface area (Å²) in [5.41, 5.74) is 0.813. The van der Waals surface area contributed by atoms with E-state index in [0.717, 1.165) is 34.2 Å². The molecule has 25 heavy (non-hydrogen) atoms. The Kier molecular flexibility index (Phi) is 5.43. The van der Waals surface area contributed by atoms with E-state index in [2.05, 4.69) is 15.9 Å². The number of benzene rings is 1. The minimum Gasteiger partial charge on any atom is -0.478 e. The van der Waals surface area contributed by atoms with Crippen LogP contribution in [0.5, 0.6) is 0 Å². The normalized spacial score (nSPS) is 16.3. The lowest BCUT2D eigenvalue weighted by Crippen LogP contribution is -2.27. The van der Waals surface area contributed by atoms with E-state index in [1.165, 1.54) is 10.4 Å². The van der Waals surface area contributed by atoms with Crippen molar-refractivity contribution in [2.24, 2.45) is 0 Å². The van der Waals surface area contributed by atoms with Crippen molar-refractivity contribution < 1.29 is 18.3 Å². The zero-order valence-electron chi connectivity index (χ0n) is 13.2. The van der Waals surface area contributed by atoms with Gasteiger partial charge < -0.3 is 5.11 Å². The number of rotatable bonds is 5. The Morgan fingerprint density at radius 2 is 1.76 bits per heavy atom. The first-order valence-electron chi connectivity index (χ1n) is 7.69. The van der Waals surface area contributed by atoms with Gasteiger partial charge in [0.1, 0.15) is 4.21 Å². The van der Waals surface area contributed by atoms with Gasteiger partial charge in [-0.1, -0.05) is 28.1 Å². The molecule has 1 fully saturated rings. The minimum atomic E-state index is -3.53. The SMILES string of the molecule is O=C(O)/C(=C\c1ccc(Br)cc1)c1ccc(S(=O)(=O)N2CCCC2)s1. The summed E-state index contributed by atoms with van der Waals surface area (Å²) in [6.07, 6.45) is 3.27. The summed E-state index contributed by atoms with van der Waals surface area (Å²) in [5.74, 6) is -1.09. The summed E-state index contributed by atoms with van der Waals surface area (Å²) >= 11 is 4.33. The number of thiophene rings is 1. The fourth-order valence-electron chi connectivity index (χ4n) is 2.62. The second-order valence-corrected chi connectivity index (χ2v) is 9.81. The highest BCUT2D eigenvalue weighted by Gasteiger charge is 2.29. The largest absolute Gasteiger partial charge is 0.478 e. The molecule has 2 heterocycles. The second-order valence-electron chi connectivity index (χ2n) is 5.64. The molecule has 2 aromatic rings. The van der Waals surface area contributed by atoms with Gasteiger partial charge in [-0.25, -0.2) is 13.2 Å².